The largest absolute Gasteiger partial charge is 0.378 e. The molecule has 2 aromatic heterocycles. The maximum absolute atomic E-state index is 11.6. The minimum absolute atomic E-state index is 0.0405. The molecule has 1 aliphatic rings. The monoisotopic (exact) mass is 454 g/mol. The lowest BCUT2D eigenvalue weighted by Crippen LogP contribution is -2.36. The molecule has 3 heterocycles. The number of aryl methyl sites for hydroxylation is 1. The second-order valence-electron chi connectivity index (χ2n) is 8.15. The number of carbonyl (C=O) groups is 1. The maximum Gasteiger partial charge on any atom is 0.198 e. The van der Waals surface area contributed by atoms with Crippen LogP contribution in [0.15, 0.2) is 73.7 Å². The van der Waals surface area contributed by atoms with Gasteiger partial charge in [0.15, 0.2) is 17.2 Å². The molecule has 8 heteroatoms. The van der Waals surface area contributed by atoms with Gasteiger partial charge in [-0.2, -0.15) is 5.10 Å². The van der Waals surface area contributed by atoms with Crippen molar-refractivity contribution < 1.29 is 9.53 Å². The topological polar surface area (TPSA) is 84.7 Å². The fourth-order valence-corrected chi connectivity index (χ4v) is 4.02. The van der Waals surface area contributed by atoms with Gasteiger partial charge in [-0.15, -0.1) is 0 Å². The summed E-state index contributed by atoms with van der Waals surface area (Å²) in [7, 11) is 0. The summed E-state index contributed by atoms with van der Waals surface area (Å²) in [6, 6.07) is 16.4. The third-order valence-corrected chi connectivity index (χ3v) is 5.88. The molecule has 0 amide bonds. The second kappa shape index (κ2) is 9.84. The molecule has 8 nitrogen and oxygen atoms in total. The number of ether oxygens (including phenoxy) is 1. The van der Waals surface area contributed by atoms with Crippen molar-refractivity contribution in [2.24, 2.45) is 0 Å². The van der Waals surface area contributed by atoms with Crippen LogP contribution in [0.4, 0.5) is 17.2 Å². The maximum atomic E-state index is 11.6. The van der Waals surface area contributed by atoms with E-state index in [9.17, 15) is 4.79 Å². The first-order valence-electron chi connectivity index (χ1n) is 11.3. The Morgan fingerprint density at radius 2 is 1.97 bits per heavy atom. The average molecular weight is 455 g/mol. The van der Waals surface area contributed by atoms with Crippen LogP contribution in [0, 0.1) is 0 Å². The normalized spacial score (nSPS) is 13.7. The summed E-state index contributed by atoms with van der Waals surface area (Å²) >= 11 is 0. The van der Waals surface area contributed by atoms with Crippen molar-refractivity contribution in [3.63, 3.8) is 0 Å². The van der Waals surface area contributed by atoms with Crippen LogP contribution in [-0.2, 0) is 16.0 Å². The molecule has 0 spiro atoms. The van der Waals surface area contributed by atoms with E-state index in [0.29, 0.717) is 24.3 Å². The van der Waals surface area contributed by atoms with Crippen LogP contribution in [-0.4, -0.2) is 51.7 Å². The van der Waals surface area contributed by atoms with E-state index in [4.69, 9.17) is 9.72 Å². The quantitative estimate of drug-likeness (QED) is 0.402. The summed E-state index contributed by atoms with van der Waals surface area (Å²) in [4.78, 5) is 23.2. The zero-order valence-electron chi connectivity index (χ0n) is 18.9. The molecule has 0 atom stereocenters. The number of carbonyl (C=O) groups excluding carboxylic acids is 1. The highest BCUT2D eigenvalue weighted by Crippen LogP contribution is 2.26. The van der Waals surface area contributed by atoms with Crippen LogP contribution < -0.4 is 10.2 Å². The molecule has 0 aliphatic carbocycles. The number of nitrogens with one attached hydrogen (secondary N) is 1. The van der Waals surface area contributed by atoms with Gasteiger partial charge in [0.2, 0.25) is 0 Å². The molecule has 2 aromatic carbocycles. The van der Waals surface area contributed by atoms with Gasteiger partial charge in [0.1, 0.15) is 6.33 Å². The third-order valence-electron chi connectivity index (χ3n) is 5.88. The zero-order chi connectivity index (χ0) is 23.3. The van der Waals surface area contributed by atoms with Crippen LogP contribution in [0.1, 0.15) is 12.0 Å². The summed E-state index contributed by atoms with van der Waals surface area (Å²) in [6.07, 6.45) is 5.85. The molecule has 1 fully saturated rings. The van der Waals surface area contributed by atoms with Crippen molar-refractivity contribution in [3.8, 4) is 11.3 Å². The van der Waals surface area contributed by atoms with Gasteiger partial charge in [-0.1, -0.05) is 24.8 Å². The van der Waals surface area contributed by atoms with Gasteiger partial charge in [-0.3, -0.25) is 4.79 Å². The highest BCUT2D eigenvalue weighted by atomic mass is 16.5. The van der Waals surface area contributed by atoms with Gasteiger partial charge in [0.25, 0.3) is 0 Å². The summed E-state index contributed by atoms with van der Waals surface area (Å²) in [5, 5.41) is 7.73. The van der Waals surface area contributed by atoms with Gasteiger partial charge in [-0.25, -0.2) is 14.5 Å². The third kappa shape index (κ3) is 4.82. The van der Waals surface area contributed by atoms with Crippen LogP contribution in [0.3, 0.4) is 0 Å². The fourth-order valence-electron chi connectivity index (χ4n) is 4.02. The van der Waals surface area contributed by atoms with E-state index in [1.807, 2.05) is 36.5 Å². The van der Waals surface area contributed by atoms with E-state index in [-0.39, 0.29) is 5.78 Å². The highest BCUT2D eigenvalue weighted by molar-refractivity contribution is 5.89. The van der Waals surface area contributed by atoms with Gasteiger partial charge in [-0.05, 0) is 48.4 Å². The number of hydrogen-bond donors (Lipinski definition) is 1. The lowest BCUT2D eigenvalue weighted by molar-refractivity contribution is -0.114. The Balaban J connectivity index is 1.40. The van der Waals surface area contributed by atoms with Crippen molar-refractivity contribution in [2.75, 3.05) is 36.5 Å². The van der Waals surface area contributed by atoms with E-state index in [1.165, 1.54) is 18.1 Å². The van der Waals surface area contributed by atoms with E-state index in [2.05, 4.69) is 45.1 Å². The first-order chi connectivity index (χ1) is 16.7. The molecular formula is C26H26N6O2. The van der Waals surface area contributed by atoms with E-state index < -0.39 is 0 Å². The summed E-state index contributed by atoms with van der Waals surface area (Å²) in [5.41, 5.74) is 5.53. The summed E-state index contributed by atoms with van der Waals surface area (Å²) in [6.45, 7) is 6.86. The number of aromatic nitrogens is 4. The van der Waals surface area contributed by atoms with Crippen LogP contribution in [0.5, 0.6) is 0 Å². The summed E-state index contributed by atoms with van der Waals surface area (Å²) < 4.78 is 7.17. The number of nitrogens with zero attached hydrogens (tertiary/aromatic N) is 5. The molecule has 0 bridgehead atoms. The van der Waals surface area contributed by atoms with Crippen molar-refractivity contribution in [1.82, 2.24) is 19.6 Å². The molecule has 0 saturated carbocycles. The number of allylic oxidation sites excluding steroid dienone is 1. The minimum Gasteiger partial charge on any atom is -0.378 e. The number of ketones is 1. The molecule has 0 radical (unpaired) electrons. The highest BCUT2D eigenvalue weighted by Gasteiger charge is 2.13. The average Bonchev–Trinajstić information content (AvgIpc) is 3.38. The molecule has 5 rings (SSSR count). The number of morpholine rings is 1. The Morgan fingerprint density at radius 3 is 2.76 bits per heavy atom. The van der Waals surface area contributed by atoms with E-state index in [0.717, 1.165) is 48.8 Å². The van der Waals surface area contributed by atoms with Crippen molar-refractivity contribution in [1.29, 1.82) is 0 Å². The van der Waals surface area contributed by atoms with Gasteiger partial charge in [0, 0.05) is 36.4 Å². The first-order valence-corrected chi connectivity index (χ1v) is 11.3. The first kappa shape index (κ1) is 21.8. The second-order valence-corrected chi connectivity index (χ2v) is 8.15. The van der Waals surface area contributed by atoms with E-state index >= 15 is 0 Å². The zero-order valence-corrected chi connectivity index (χ0v) is 18.9. The molecule has 4 aromatic rings. The van der Waals surface area contributed by atoms with Crippen LogP contribution in [0.2, 0.25) is 0 Å². The molecule has 1 aliphatic heterocycles. The van der Waals surface area contributed by atoms with Crippen LogP contribution in [0.25, 0.3) is 16.9 Å². The SMILES string of the molecule is C=CC(=O)CCc1cccc(-c2cn3ncnc3c(Nc3ccc(N4CCOCC4)cc3)n2)c1. The van der Waals surface area contributed by atoms with Gasteiger partial charge in [0.05, 0.1) is 25.1 Å². The lowest BCUT2D eigenvalue weighted by Gasteiger charge is -2.28. The Labute approximate surface area is 197 Å². The Bertz CT molecular complexity index is 1310. The Hall–Kier alpha value is -4.04. The van der Waals surface area contributed by atoms with E-state index in [1.54, 1.807) is 4.52 Å². The molecule has 172 valence electrons. The Morgan fingerprint density at radius 1 is 1.15 bits per heavy atom. The molecule has 1 saturated heterocycles. The number of anilines is 3. The van der Waals surface area contributed by atoms with Crippen molar-refractivity contribution >= 4 is 28.6 Å². The predicted molar refractivity (Wildman–Crippen MR) is 132 cm³/mol. The predicted octanol–water partition coefficient (Wildman–Crippen LogP) is 4.06. The van der Waals surface area contributed by atoms with Crippen molar-refractivity contribution in [2.45, 2.75) is 12.8 Å². The molecule has 34 heavy (non-hydrogen) atoms. The number of fused-ring (bicyclic) bond motifs is 1. The Kier molecular flexibility index (Phi) is 6.31. The number of benzene rings is 2. The summed E-state index contributed by atoms with van der Waals surface area (Å²) in [5.74, 6) is 0.667. The lowest BCUT2D eigenvalue weighted by atomic mass is 10.0. The van der Waals surface area contributed by atoms with Gasteiger partial charge < -0.3 is 15.0 Å². The number of rotatable bonds is 8. The van der Waals surface area contributed by atoms with Gasteiger partial charge >= 0.3 is 0 Å². The smallest absolute Gasteiger partial charge is 0.198 e. The molecule has 1 N–H and O–H groups in total. The fraction of sp³-hybridized carbons (Fsp3) is 0.231. The standard InChI is InChI=1S/C26H26N6O2/c1-2-23(33)11-6-19-4-3-5-20(16-19)24-17-32-26(27-18-28-32)25(30-24)29-21-7-9-22(10-8-21)31-12-14-34-15-13-31/h2-5,7-10,16-18H,1,6,11-15H2,(H,29,30). The number of hydrogen-bond acceptors (Lipinski definition) is 7. The molecule has 0 unspecified atom stereocenters. The minimum atomic E-state index is 0.0405. The van der Waals surface area contributed by atoms with Crippen LogP contribution >= 0.6 is 0 Å². The van der Waals surface area contributed by atoms with Crippen molar-refractivity contribution in [3.05, 3.63) is 79.3 Å². The molecular weight excluding hydrogens is 428 g/mol.